The smallest absolute Gasteiger partial charge is 0.108 e. The van der Waals surface area contributed by atoms with Gasteiger partial charge in [0.05, 0.1) is 0 Å². The minimum Gasteiger partial charge on any atom is -0.332 e. The van der Waals surface area contributed by atoms with E-state index in [0.29, 0.717) is 0 Å². The Morgan fingerprint density at radius 1 is 1.50 bits per heavy atom. The van der Waals surface area contributed by atoms with E-state index in [0.717, 1.165) is 19.3 Å². The molecule has 1 saturated carbocycles. The lowest BCUT2D eigenvalue weighted by molar-refractivity contribution is 0.585. The maximum atomic E-state index is 6.08. The van der Waals surface area contributed by atoms with Gasteiger partial charge in [0.15, 0.2) is 0 Å². The summed E-state index contributed by atoms with van der Waals surface area (Å²) in [6.07, 6.45) is 9.15. The lowest BCUT2D eigenvalue weighted by atomic mass is 10.1. The highest BCUT2D eigenvalue weighted by atomic mass is 15.1. The average Bonchev–Trinajstić information content (AvgIpc) is 2.65. The number of aromatic nitrogens is 2. The van der Waals surface area contributed by atoms with Crippen LogP contribution in [0.4, 0.5) is 0 Å². The van der Waals surface area contributed by atoms with E-state index in [4.69, 9.17) is 5.73 Å². The molecule has 0 atom stereocenters. The van der Waals surface area contributed by atoms with Gasteiger partial charge < -0.3 is 10.3 Å². The number of nitrogens with two attached hydrogens (primary N) is 1. The summed E-state index contributed by atoms with van der Waals surface area (Å²) in [6, 6.07) is 0. The number of imidazole rings is 1. The SMILES string of the molecule is NC1(CCc2cnc3n2CCC3)CC1. The quantitative estimate of drug-likeness (QED) is 0.781. The summed E-state index contributed by atoms with van der Waals surface area (Å²) in [6.45, 7) is 1.17. The van der Waals surface area contributed by atoms with E-state index < -0.39 is 0 Å². The Labute approximate surface area is 84.3 Å². The second kappa shape index (κ2) is 2.83. The molecule has 3 rings (SSSR count). The summed E-state index contributed by atoms with van der Waals surface area (Å²) in [4.78, 5) is 4.44. The molecule has 2 aliphatic rings. The summed E-state index contributed by atoms with van der Waals surface area (Å²) in [5, 5.41) is 0. The Balaban J connectivity index is 1.71. The van der Waals surface area contributed by atoms with Crippen LogP contribution >= 0.6 is 0 Å². The zero-order chi connectivity index (χ0) is 9.60. The second-order valence-corrected chi connectivity index (χ2v) is 4.78. The molecule has 1 aliphatic heterocycles. The Bertz CT molecular complexity index is 349. The van der Waals surface area contributed by atoms with Crippen molar-refractivity contribution < 1.29 is 0 Å². The molecule has 2 N–H and O–H groups in total. The predicted octanol–water partition coefficient (Wildman–Crippen LogP) is 1.25. The van der Waals surface area contributed by atoms with Gasteiger partial charge in [-0.1, -0.05) is 0 Å². The van der Waals surface area contributed by atoms with E-state index in [9.17, 15) is 0 Å². The number of hydrogen-bond acceptors (Lipinski definition) is 2. The first-order valence-electron chi connectivity index (χ1n) is 5.59. The van der Waals surface area contributed by atoms with Gasteiger partial charge in [-0.25, -0.2) is 4.98 Å². The Hall–Kier alpha value is -0.830. The van der Waals surface area contributed by atoms with E-state index in [2.05, 4.69) is 9.55 Å². The minimum absolute atomic E-state index is 0.184. The number of rotatable bonds is 3. The molecule has 1 fully saturated rings. The summed E-state index contributed by atoms with van der Waals surface area (Å²) in [5.74, 6) is 1.28. The molecule has 14 heavy (non-hydrogen) atoms. The van der Waals surface area contributed by atoms with Gasteiger partial charge in [-0.2, -0.15) is 0 Å². The van der Waals surface area contributed by atoms with Crippen LogP contribution in [-0.4, -0.2) is 15.1 Å². The maximum Gasteiger partial charge on any atom is 0.108 e. The van der Waals surface area contributed by atoms with Crippen LogP contribution in [0.5, 0.6) is 0 Å². The predicted molar refractivity (Wildman–Crippen MR) is 55.0 cm³/mol. The topological polar surface area (TPSA) is 43.8 Å². The molecule has 3 nitrogen and oxygen atoms in total. The molecule has 0 saturated heterocycles. The molecule has 2 heterocycles. The van der Waals surface area contributed by atoms with E-state index in [1.165, 1.54) is 37.3 Å². The first-order valence-corrected chi connectivity index (χ1v) is 5.59. The molecule has 0 aromatic carbocycles. The van der Waals surface area contributed by atoms with Crippen LogP contribution in [0.2, 0.25) is 0 Å². The van der Waals surface area contributed by atoms with Crippen molar-refractivity contribution in [3.63, 3.8) is 0 Å². The van der Waals surface area contributed by atoms with Crippen LogP contribution in [0, 0.1) is 0 Å². The third kappa shape index (κ3) is 1.36. The normalized spacial score (nSPS) is 22.4. The highest BCUT2D eigenvalue weighted by Gasteiger charge is 2.37. The number of nitrogens with zero attached hydrogens (tertiary/aromatic N) is 2. The summed E-state index contributed by atoms with van der Waals surface area (Å²) in [7, 11) is 0. The van der Waals surface area contributed by atoms with Gasteiger partial charge in [0, 0.05) is 30.4 Å². The van der Waals surface area contributed by atoms with Crippen LogP contribution in [0.25, 0.3) is 0 Å². The molecule has 1 aliphatic carbocycles. The van der Waals surface area contributed by atoms with Crippen LogP contribution in [0.15, 0.2) is 6.20 Å². The van der Waals surface area contributed by atoms with Crippen molar-refractivity contribution in [2.75, 3.05) is 0 Å². The van der Waals surface area contributed by atoms with Gasteiger partial charge in [0.2, 0.25) is 0 Å². The third-order valence-electron chi connectivity index (χ3n) is 3.57. The highest BCUT2D eigenvalue weighted by Crippen LogP contribution is 2.36. The number of fused-ring (bicyclic) bond motifs is 1. The van der Waals surface area contributed by atoms with Gasteiger partial charge in [0.25, 0.3) is 0 Å². The van der Waals surface area contributed by atoms with E-state index >= 15 is 0 Å². The fraction of sp³-hybridized carbons (Fsp3) is 0.727. The Morgan fingerprint density at radius 3 is 3.14 bits per heavy atom. The molecule has 0 spiro atoms. The van der Waals surface area contributed by atoms with E-state index in [1.54, 1.807) is 0 Å². The largest absolute Gasteiger partial charge is 0.332 e. The Kier molecular flexibility index (Phi) is 1.71. The van der Waals surface area contributed by atoms with Crippen molar-refractivity contribution >= 4 is 0 Å². The maximum absolute atomic E-state index is 6.08. The number of aryl methyl sites for hydroxylation is 2. The van der Waals surface area contributed by atoms with Gasteiger partial charge >= 0.3 is 0 Å². The summed E-state index contributed by atoms with van der Waals surface area (Å²) >= 11 is 0. The van der Waals surface area contributed by atoms with Gasteiger partial charge in [0.1, 0.15) is 5.82 Å². The van der Waals surface area contributed by atoms with Crippen molar-refractivity contribution in [3.05, 3.63) is 17.7 Å². The highest BCUT2D eigenvalue weighted by molar-refractivity contribution is 5.11. The molecule has 1 aromatic heterocycles. The standard InChI is InChI=1S/C11H17N3/c12-11(5-6-11)4-3-9-8-13-10-2-1-7-14(9)10/h8H,1-7,12H2. The second-order valence-electron chi connectivity index (χ2n) is 4.78. The van der Waals surface area contributed by atoms with Crippen molar-refractivity contribution in [1.29, 1.82) is 0 Å². The van der Waals surface area contributed by atoms with Crippen molar-refractivity contribution in [2.45, 2.75) is 50.6 Å². The van der Waals surface area contributed by atoms with Crippen molar-refractivity contribution in [3.8, 4) is 0 Å². The molecule has 3 heteroatoms. The van der Waals surface area contributed by atoms with E-state index in [1.807, 2.05) is 6.20 Å². The number of hydrogen-bond donors (Lipinski definition) is 1. The zero-order valence-corrected chi connectivity index (χ0v) is 8.50. The van der Waals surface area contributed by atoms with Crippen LogP contribution in [-0.2, 0) is 19.4 Å². The molecule has 0 amide bonds. The summed E-state index contributed by atoms with van der Waals surface area (Å²) < 4.78 is 2.38. The van der Waals surface area contributed by atoms with Crippen LogP contribution in [0.3, 0.4) is 0 Å². The third-order valence-corrected chi connectivity index (χ3v) is 3.57. The van der Waals surface area contributed by atoms with Gasteiger partial charge in [-0.15, -0.1) is 0 Å². The molecule has 0 unspecified atom stereocenters. The van der Waals surface area contributed by atoms with E-state index in [-0.39, 0.29) is 5.54 Å². The summed E-state index contributed by atoms with van der Waals surface area (Å²) in [5.41, 5.74) is 7.66. The fourth-order valence-corrected chi connectivity index (χ4v) is 2.31. The molecular weight excluding hydrogens is 174 g/mol. The minimum atomic E-state index is 0.184. The lowest BCUT2D eigenvalue weighted by Gasteiger charge is -2.09. The lowest BCUT2D eigenvalue weighted by Crippen LogP contribution is -2.22. The molecule has 1 aromatic rings. The van der Waals surface area contributed by atoms with Gasteiger partial charge in [-0.3, -0.25) is 0 Å². The van der Waals surface area contributed by atoms with Gasteiger partial charge in [-0.05, 0) is 32.1 Å². The zero-order valence-electron chi connectivity index (χ0n) is 8.50. The first-order chi connectivity index (χ1) is 6.77. The average molecular weight is 191 g/mol. The monoisotopic (exact) mass is 191 g/mol. The van der Waals surface area contributed by atoms with Crippen molar-refractivity contribution in [2.24, 2.45) is 5.73 Å². The van der Waals surface area contributed by atoms with Crippen LogP contribution < -0.4 is 5.73 Å². The molecule has 0 bridgehead atoms. The molecular formula is C11H17N3. The molecule has 76 valence electrons. The van der Waals surface area contributed by atoms with Crippen molar-refractivity contribution in [1.82, 2.24) is 9.55 Å². The fourth-order valence-electron chi connectivity index (χ4n) is 2.31. The Morgan fingerprint density at radius 2 is 2.36 bits per heavy atom. The van der Waals surface area contributed by atoms with Crippen LogP contribution in [0.1, 0.15) is 37.2 Å². The molecule has 0 radical (unpaired) electrons. The first kappa shape index (κ1) is 8.48.